The predicted molar refractivity (Wildman–Crippen MR) is 93.6 cm³/mol. The van der Waals surface area contributed by atoms with Crippen molar-refractivity contribution in [2.45, 2.75) is 33.9 Å². The zero-order valence-electron chi connectivity index (χ0n) is 14.8. The number of rotatable bonds is 2. The molecule has 0 aliphatic carbocycles. The maximum atomic E-state index is 12.5. The van der Waals surface area contributed by atoms with Gasteiger partial charge in [-0.2, -0.15) is 13.2 Å². The van der Waals surface area contributed by atoms with Gasteiger partial charge in [-0.05, 0) is 0 Å². The van der Waals surface area contributed by atoms with Crippen LogP contribution >= 0.6 is 11.3 Å². The quantitative estimate of drug-likeness (QED) is 0.618. The summed E-state index contributed by atoms with van der Waals surface area (Å²) < 4.78 is 41.9. The second-order valence-electron chi connectivity index (χ2n) is 3.62. The van der Waals surface area contributed by atoms with E-state index >= 15 is 0 Å². The van der Waals surface area contributed by atoms with Crippen LogP contribution in [-0.2, 0) is 10.9 Å². The topological polar surface area (TPSA) is 39.2 Å². The Morgan fingerprint density at radius 1 is 1.04 bits per heavy atom. The van der Waals surface area contributed by atoms with Gasteiger partial charge < -0.3 is 4.74 Å². The van der Waals surface area contributed by atoms with Crippen LogP contribution in [0.1, 0.15) is 43.1 Å². The van der Waals surface area contributed by atoms with E-state index in [-0.39, 0.29) is 11.3 Å². The van der Waals surface area contributed by atoms with Gasteiger partial charge in [0.25, 0.3) is 0 Å². The maximum absolute atomic E-state index is 12.5. The number of benzene rings is 1. The van der Waals surface area contributed by atoms with Crippen LogP contribution in [0.25, 0.3) is 10.6 Å². The lowest BCUT2D eigenvalue weighted by atomic mass is 10.2. The fourth-order valence-electron chi connectivity index (χ4n) is 1.32. The molecule has 0 fully saturated rings. The number of halogens is 3. The average Bonchev–Trinajstić information content (AvgIpc) is 3.05. The molecule has 24 heavy (non-hydrogen) atoms. The van der Waals surface area contributed by atoms with Gasteiger partial charge in [0.1, 0.15) is 5.01 Å². The van der Waals surface area contributed by atoms with Crippen molar-refractivity contribution in [3.05, 3.63) is 40.9 Å². The third kappa shape index (κ3) is 8.21. The molecule has 0 N–H and O–H groups in total. The van der Waals surface area contributed by atoms with Crippen molar-refractivity contribution >= 4 is 17.6 Å². The number of thiazole rings is 1. The Balaban J connectivity index is 0. The first-order valence-electron chi connectivity index (χ1n) is 7.42. The van der Waals surface area contributed by atoms with Gasteiger partial charge in [0.15, 0.2) is 12.0 Å². The second kappa shape index (κ2) is 13.7. The van der Waals surface area contributed by atoms with Crippen LogP contribution in [0, 0.1) is 0 Å². The molecular weight excluding hydrogens is 339 g/mol. The Hall–Kier alpha value is -1.73. The molecule has 1 aromatic heterocycles. The summed E-state index contributed by atoms with van der Waals surface area (Å²) in [7, 11) is 3.25. The normalized spacial score (nSPS) is 9.38. The molecule has 7 heteroatoms. The summed E-state index contributed by atoms with van der Waals surface area (Å²) in [6.07, 6.45) is -4.41. The van der Waals surface area contributed by atoms with Crippen molar-refractivity contribution in [3.8, 4) is 10.6 Å². The van der Waals surface area contributed by atoms with Crippen LogP contribution in [0.15, 0.2) is 30.3 Å². The molecule has 0 atom stereocenters. The highest BCUT2D eigenvalue weighted by atomic mass is 32.1. The number of aromatic nitrogens is 1. The molecule has 0 aliphatic rings. The number of carbonyl (C=O) groups excluding carboxylic acids is 1. The highest BCUT2D eigenvalue weighted by molar-refractivity contribution is 7.16. The molecule has 0 aliphatic heterocycles. The van der Waals surface area contributed by atoms with Crippen LogP contribution in [0.4, 0.5) is 13.2 Å². The smallest absolute Gasteiger partial charge is 0.388 e. The highest BCUT2D eigenvalue weighted by Crippen LogP contribution is 2.36. The number of ether oxygens (including phenoxy) is 1. The molecule has 0 amide bonds. The SMILES string of the molecule is CC.CC.COC.O=Cc1sc(-c2ccccc2)nc1C(F)(F)F. The van der Waals surface area contributed by atoms with E-state index in [1.165, 1.54) is 0 Å². The summed E-state index contributed by atoms with van der Waals surface area (Å²) >= 11 is 0.740. The molecular formula is C17H24F3NO2S. The van der Waals surface area contributed by atoms with Crippen molar-refractivity contribution in [2.24, 2.45) is 0 Å². The lowest BCUT2D eigenvalue weighted by Gasteiger charge is -2.01. The van der Waals surface area contributed by atoms with E-state index in [0.29, 0.717) is 5.56 Å². The summed E-state index contributed by atoms with van der Waals surface area (Å²) in [5, 5.41) is 0.194. The van der Waals surface area contributed by atoms with Crippen LogP contribution in [0.2, 0.25) is 0 Å². The van der Waals surface area contributed by atoms with Gasteiger partial charge in [0.2, 0.25) is 0 Å². The first-order valence-corrected chi connectivity index (χ1v) is 8.24. The third-order valence-corrected chi connectivity index (χ3v) is 3.08. The molecule has 1 heterocycles. The number of aldehydes is 1. The summed E-state index contributed by atoms with van der Waals surface area (Å²) in [5.74, 6) is 0. The zero-order valence-corrected chi connectivity index (χ0v) is 15.6. The van der Waals surface area contributed by atoms with E-state index in [0.717, 1.165) is 11.3 Å². The molecule has 0 radical (unpaired) electrons. The van der Waals surface area contributed by atoms with Crippen LogP contribution in [-0.4, -0.2) is 25.5 Å². The van der Waals surface area contributed by atoms with E-state index in [1.54, 1.807) is 44.6 Å². The molecule has 0 saturated carbocycles. The predicted octanol–water partition coefficient (Wildman–Crippen LogP) is 5.96. The van der Waals surface area contributed by atoms with Crippen LogP contribution in [0.5, 0.6) is 0 Å². The summed E-state index contributed by atoms with van der Waals surface area (Å²) in [6, 6.07) is 8.44. The highest BCUT2D eigenvalue weighted by Gasteiger charge is 2.37. The Labute approximate surface area is 145 Å². The monoisotopic (exact) mass is 363 g/mol. The minimum absolute atomic E-state index is 0.187. The molecule has 2 aromatic rings. The Morgan fingerprint density at radius 3 is 1.83 bits per heavy atom. The molecule has 2 rings (SSSR count). The van der Waals surface area contributed by atoms with E-state index in [1.807, 2.05) is 27.7 Å². The minimum Gasteiger partial charge on any atom is -0.388 e. The molecule has 0 bridgehead atoms. The molecule has 0 saturated heterocycles. The molecule has 0 spiro atoms. The Kier molecular flexibility index (Phi) is 14.0. The first-order chi connectivity index (χ1) is 11.4. The van der Waals surface area contributed by atoms with Crippen molar-refractivity contribution in [3.63, 3.8) is 0 Å². The van der Waals surface area contributed by atoms with Crippen molar-refractivity contribution in [1.82, 2.24) is 4.98 Å². The number of hydrogen-bond donors (Lipinski definition) is 0. The zero-order chi connectivity index (χ0) is 19.2. The van der Waals surface area contributed by atoms with E-state index in [4.69, 9.17) is 0 Å². The first kappa shape index (κ1) is 24.5. The largest absolute Gasteiger partial charge is 0.434 e. The Morgan fingerprint density at radius 2 is 1.50 bits per heavy atom. The van der Waals surface area contributed by atoms with Crippen LogP contribution in [0.3, 0.4) is 0 Å². The van der Waals surface area contributed by atoms with Gasteiger partial charge in [-0.3, -0.25) is 4.79 Å². The second-order valence-corrected chi connectivity index (χ2v) is 4.65. The molecule has 136 valence electrons. The van der Waals surface area contributed by atoms with E-state index < -0.39 is 16.7 Å². The lowest BCUT2D eigenvalue weighted by Crippen LogP contribution is -2.08. The van der Waals surface area contributed by atoms with Crippen molar-refractivity contribution in [2.75, 3.05) is 14.2 Å². The summed E-state index contributed by atoms with van der Waals surface area (Å²) in [5.41, 5.74) is -0.549. The van der Waals surface area contributed by atoms with Crippen molar-refractivity contribution in [1.29, 1.82) is 0 Å². The van der Waals surface area contributed by atoms with E-state index in [9.17, 15) is 18.0 Å². The molecule has 0 unspecified atom stereocenters. The Bertz CT molecular complexity index is 555. The maximum Gasteiger partial charge on any atom is 0.434 e. The number of nitrogens with zero attached hydrogens (tertiary/aromatic N) is 1. The number of carbonyl (C=O) groups is 1. The van der Waals surface area contributed by atoms with Gasteiger partial charge in [-0.15, -0.1) is 11.3 Å². The lowest BCUT2D eigenvalue weighted by molar-refractivity contribution is -0.140. The summed E-state index contributed by atoms with van der Waals surface area (Å²) in [6.45, 7) is 8.00. The van der Waals surface area contributed by atoms with Crippen molar-refractivity contribution < 1.29 is 22.7 Å². The van der Waals surface area contributed by atoms with Crippen LogP contribution < -0.4 is 0 Å². The third-order valence-electron chi connectivity index (χ3n) is 2.05. The van der Waals surface area contributed by atoms with Gasteiger partial charge in [0, 0.05) is 19.8 Å². The fraction of sp³-hybridized carbons (Fsp3) is 0.412. The van der Waals surface area contributed by atoms with Gasteiger partial charge in [-0.25, -0.2) is 4.98 Å². The summed E-state index contributed by atoms with van der Waals surface area (Å²) in [4.78, 5) is 13.7. The van der Waals surface area contributed by atoms with Gasteiger partial charge in [0.05, 0.1) is 4.88 Å². The van der Waals surface area contributed by atoms with Gasteiger partial charge in [-0.1, -0.05) is 58.0 Å². The number of methoxy groups -OCH3 is 1. The fourth-order valence-corrected chi connectivity index (χ4v) is 2.22. The standard InChI is InChI=1S/C11H6F3NOS.C2H6O.2C2H6/c12-11(13,14)9-8(6-16)17-10(15-9)7-4-2-1-3-5-7;1-3-2;2*1-2/h1-6H;1-2H3;2*1-2H3. The molecule has 3 nitrogen and oxygen atoms in total. The average molecular weight is 363 g/mol. The number of alkyl halides is 3. The van der Waals surface area contributed by atoms with E-state index in [2.05, 4.69) is 9.72 Å². The minimum atomic E-state index is -4.60. The number of hydrogen-bond acceptors (Lipinski definition) is 4. The van der Waals surface area contributed by atoms with Gasteiger partial charge >= 0.3 is 6.18 Å². The molecule has 1 aromatic carbocycles.